The molecule has 4 nitrogen and oxygen atoms in total. The first-order valence-electron chi connectivity index (χ1n) is 5.63. The van der Waals surface area contributed by atoms with Crippen molar-refractivity contribution in [3.63, 3.8) is 0 Å². The van der Waals surface area contributed by atoms with E-state index in [0.29, 0.717) is 0 Å². The fraction of sp³-hybridized carbons (Fsp3) is 0.417. The second kappa shape index (κ2) is 7.09. The third kappa shape index (κ3) is 3.60. The number of nitrogens with one attached hydrogen (secondary N) is 1. The molecule has 0 spiro atoms. The summed E-state index contributed by atoms with van der Waals surface area (Å²) in [7, 11) is 2.65. The number of hydrogen-bond donors (Lipinski definition) is 1. The van der Waals surface area contributed by atoms with E-state index in [1.54, 1.807) is 0 Å². The Hall–Kier alpha value is -1.83. The summed E-state index contributed by atoms with van der Waals surface area (Å²) < 4.78 is 61.5. The highest BCUT2D eigenvalue weighted by molar-refractivity contribution is 5.75. The van der Waals surface area contributed by atoms with Crippen LogP contribution < -0.4 is 10.1 Å². The van der Waals surface area contributed by atoms with Gasteiger partial charge in [-0.1, -0.05) is 0 Å². The molecule has 0 heterocycles. The number of carbonyl (C=O) groups excluding carboxylic acids is 1. The van der Waals surface area contributed by atoms with Crippen molar-refractivity contribution in [2.24, 2.45) is 0 Å². The van der Waals surface area contributed by atoms with Gasteiger partial charge in [0.1, 0.15) is 6.04 Å². The highest BCUT2D eigenvalue weighted by Gasteiger charge is 2.22. The van der Waals surface area contributed by atoms with Gasteiger partial charge in [-0.3, -0.25) is 4.79 Å². The number of benzene rings is 1. The van der Waals surface area contributed by atoms with E-state index in [1.165, 1.54) is 14.2 Å². The number of methoxy groups -OCH3 is 1. The monoisotopic (exact) mass is 295 g/mol. The van der Waals surface area contributed by atoms with Crippen LogP contribution in [0.3, 0.4) is 0 Å². The predicted molar refractivity (Wildman–Crippen MR) is 61.2 cm³/mol. The van der Waals surface area contributed by atoms with Crippen LogP contribution in [-0.2, 0) is 9.53 Å². The SMILES string of the molecule is CNC(CCOc1c(F)c(F)cc(F)c1F)C(=O)OC. The van der Waals surface area contributed by atoms with E-state index in [2.05, 4.69) is 14.8 Å². The van der Waals surface area contributed by atoms with Crippen molar-refractivity contribution in [2.75, 3.05) is 20.8 Å². The molecule has 0 saturated heterocycles. The highest BCUT2D eigenvalue weighted by atomic mass is 19.2. The Morgan fingerprint density at radius 2 is 1.80 bits per heavy atom. The molecule has 8 heteroatoms. The summed E-state index contributed by atoms with van der Waals surface area (Å²) in [6, 6.07) is -0.674. The zero-order valence-electron chi connectivity index (χ0n) is 10.8. The Morgan fingerprint density at radius 3 is 2.25 bits per heavy atom. The van der Waals surface area contributed by atoms with Gasteiger partial charge in [-0.25, -0.2) is 8.78 Å². The van der Waals surface area contributed by atoms with Crippen LogP contribution in [-0.4, -0.2) is 32.8 Å². The van der Waals surface area contributed by atoms with E-state index in [0.717, 1.165) is 0 Å². The van der Waals surface area contributed by atoms with Gasteiger partial charge in [0.05, 0.1) is 13.7 Å². The molecule has 1 aromatic rings. The molecule has 0 aliphatic carbocycles. The van der Waals surface area contributed by atoms with Gasteiger partial charge in [0.15, 0.2) is 17.4 Å². The Bertz CT molecular complexity index is 470. The molecule has 0 fully saturated rings. The minimum atomic E-state index is -1.62. The Balaban J connectivity index is 2.73. The lowest BCUT2D eigenvalue weighted by molar-refractivity contribution is -0.143. The van der Waals surface area contributed by atoms with Crippen LogP contribution in [0.25, 0.3) is 0 Å². The minimum Gasteiger partial charge on any atom is -0.487 e. The van der Waals surface area contributed by atoms with Crippen LogP contribution >= 0.6 is 0 Å². The third-order valence-corrected chi connectivity index (χ3v) is 2.56. The predicted octanol–water partition coefficient (Wildman–Crippen LogP) is 1.77. The van der Waals surface area contributed by atoms with Crippen molar-refractivity contribution in [1.82, 2.24) is 5.32 Å². The van der Waals surface area contributed by atoms with Crippen molar-refractivity contribution in [1.29, 1.82) is 0 Å². The fourth-order valence-electron chi connectivity index (χ4n) is 1.48. The lowest BCUT2D eigenvalue weighted by atomic mass is 10.2. The lowest BCUT2D eigenvalue weighted by Gasteiger charge is -2.14. The average molecular weight is 295 g/mol. The van der Waals surface area contributed by atoms with Crippen molar-refractivity contribution in [3.05, 3.63) is 29.3 Å². The molecule has 0 aliphatic rings. The molecule has 0 radical (unpaired) electrons. The number of likely N-dealkylation sites (N-methyl/N-ethyl adjacent to an activating group) is 1. The summed E-state index contributed by atoms with van der Waals surface area (Å²) in [5.74, 6) is -8.11. The molecule has 1 atom stereocenters. The third-order valence-electron chi connectivity index (χ3n) is 2.56. The van der Waals surface area contributed by atoms with Crippen LogP contribution in [0.5, 0.6) is 5.75 Å². The molecule has 0 amide bonds. The van der Waals surface area contributed by atoms with Gasteiger partial charge in [-0.2, -0.15) is 8.78 Å². The number of halogens is 4. The number of ether oxygens (including phenoxy) is 2. The topological polar surface area (TPSA) is 47.6 Å². The standard InChI is InChI=1S/C12H13F4NO3/c1-17-8(12(18)19-2)3-4-20-11-9(15)6(13)5-7(14)10(11)16/h5,8,17H,3-4H2,1-2H3. The van der Waals surface area contributed by atoms with Crippen LogP contribution in [0, 0.1) is 23.3 Å². The van der Waals surface area contributed by atoms with E-state index in [4.69, 9.17) is 0 Å². The summed E-state index contributed by atoms with van der Waals surface area (Å²) in [6.45, 7) is -0.336. The van der Waals surface area contributed by atoms with Crippen LogP contribution in [0.4, 0.5) is 17.6 Å². The Morgan fingerprint density at radius 1 is 1.25 bits per heavy atom. The number of hydrogen-bond acceptors (Lipinski definition) is 4. The van der Waals surface area contributed by atoms with Gasteiger partial charge in [-0.05, 0) is 7.05 Å². The van der Waals surface area contributed by atoms with Gasteiger partial charge in [0.25, 0.3) is 0 Å². The van der Waals surface area contributed by atoms with E-state index in [-0.39, 0.29) is 19.1 Å². The molecule has 0 bridgehead atoms. The van der Waals surface area contributed by atoms with Crippen LogP contribution in [0.15, 0.2) is 6.07 Å². The Kier molecular flexibility index (Phi) is 5.75. The molecule has 112 valence electrons. The summed E-state index contributed by atoms with van der Waals surface area (Å²) in [6.07, 6.45) is 0.000184. The largest absolute Gasteiger partial charge is 0.487 e. The molecule has 0 aromatic heterocycles. The van der Waals surface area contributed by atoms with Gasteiger partial charge < -0.3 is 14.8 Å². The quantitative estimate of drug-likeness (QED) is 0.494. The number of carbonyl (C=O) groups is 1. The first-order valence-corrected chi connectivity index (χ1v) is 5.63. The lowest BCUT2D eigenvalue weighted by Crippen LogP contribution is -2.36. The van der Waals surface area contributed by atoms with E-state index < -0.39 is 41.0 Å². The average Bonchev–Trinajstić information content (AvgIpc) is 2.44. The molecule has 0 saturated carbocycles. The molecular formula is C12H13F4NO3. The molecular weight excluding hydrogens is 282 g/mol. The summed E-state index contributed by atoms with van der Waals surface area (Å²) >= 11 is 0. The van der Waals surface area contributed by atoms with E-state index >= 15 is 0 Å². The second-order valence-electron chi connectivity index (χ2n) is 3.80. The van der Waals surface area contributed by atoms with E-state index in [1.807, 2.05) is 0 Å². The number of rotatable bonds is 6. The van der Waals surface area contributed by atoms with Crippen LogP contribution in [0.1, 0.15) is 6.42 Å². The maximum atomic E-state index is 13.3. The van der Waals surface area contributed by atoms with Gasteiger partial charge >= 0.3 is 5.97 Å². The molecule has 1 rings (SSSR count). The summed E-state index contributed by atoms with van der Waals surface area (Å²) in [5.41, 5.74) is 0. The highest BCUT2D eigenvalue weighted by Crippen LogP contribution is 2.26. The van der Waals surface area contributed by atoms with Crippen molar-refractivity contribution in [3.8, 4) is 5.75 Å². The smallest absolute Gasteiger partial charge is 0.322 e. The van der Waals surface area contributed by atoms with Gasteiger partial charge in [-0.15, -0.1) is 0 Å². The van der Waals surface area contributed by atoms with Crippen LogP contribution in [0.2, 0.25) is 0 Å². The van der Waals surface area contributed by atoms with Gasteiger partial charge in [0, 0.05) is 12.5 Å². The minimum absolute atomic E-state index is 0.000184. The zero-order chi connectivity index (χ0) is 15.3. The first-order chi connectivity index (χ1) is 9.42. The summed E-state index contributed by atoms with van der Waals surface area (Å²) in [5, 5.41) is 2.60. The van der Waals surface area contributed by atoms with E-state index in [9.17, 15) is 22.4 Å². The molecule has 1 unspecified atom stereocenters. The maximum Gasteiger partial charge on any atom is 0.322 e. The zero-order valence-corrected chi connectivity index (χ0v) is 10.8. The van der Waals surface area contributed by atoms with Crippen molar-refractivity contribution < 1.29 is 31.8 Å². The fourth-order valence-corrected chi connectivity index (χ4v) is 1.48. The maximum absolute atomic E-state index is 13.3. The van der Waals surface area contributed by atoms with Crippen molar-refractivity contribution >= 4 is 5.97 Å². The van der Waals surface area contributed by atoms with Crippen molar-refractivity contribution in [2.45, 2.75) is 12.5 Å². The number of esters is 1. The molecule has 20 heavy (non-hydrogen) atoms. The Labute approximate surface area is 112 Å². The molecule has 0 aliphatic heterocycles. The first kappa shape index (κ1) is 16.2. The van der Waals surface area contributed by atoms with Gasteiger partial charge in [0.2, 0.25) is 11.6 Å². The second-order valence-corrected chi connectivity index (χ2v) is 3.80. The summed E-state index contributed by atoms with van der Waals surface area (Å²) in [4.78, 5) is 11.2. The normalized spacial score (nSPS) is 12.1. The molecule has 1 N–H and O–H groups in total. The molecule has 1 aromatic carbocycles.